The summed E-state index contributed by atoms with van der Waals surface area (Å²) in [5, 5.41) is 0.245. The van der Waals surface area contributed by atoms with E-state index in [1.165, 1.54) is 38.5 Å². The van der Waals surface area contributed by atoms with E-state index in [1.807, 2.05) is 30.4 Å². The van der Waals surface area contributed by atoms with Gasteiger partial charge < -0.3 is 13.7 Å². The van der Waals surface area contributed by atoms with E-state index < -0.39 is 10.1 Å². The number of hydrogen-bond acceptors (Lipinski definition) is 6. The molecule has 0 unspecified atom stereocenters. The van der Waals surface area contributed by atoms with Crippen LogP contribution < -0.4 is 13.7 Å². The van der Waals surface area contributed by atoms with Gasteiger partial charge in [0.25, 0.3) is 0 Å². The molecule has 1 heterocycles. The molecule has 0 fully saturated rings. The third kappa shape index (κ3) is 5.07. The van der Waals surface area contributed by atoms with Crippen LogP contribution in [0.15, 0.2) is 65.7 Å². The van der Waals surface area contributed by atoms with Crippen molar-refractivity contribution in [3.8, 4) is 17.2 Å². The van der Waals surface area contributed by atoms with Crippen LogP contribution in [-0.2, 0) is 10.1 Å². The van der Waals surface area contributed by atoms with E-state index in [2.05, 4.69) is 4.98 Å². The molecule has 0 saturated carbocycles. The minimum Gasteiger partial charge on any atom is -0.495 e. The Bertz CT molecular complexity index is 1130. The Balaban J connectivity index is 1.89. The van der Waals surface area contributed by atoms with E-state index in [9.17, 15) is 8.42 Å². The normalized spacial score (nSPS) is 11.4. The molecule has 0 aliphatic carbocycles. The number of aromatic nitrogens is 1. The molecule has 0 N–H and O–H groups in total. The minimum atomic E-state index is -4.20. The zero-order valence-corrected chi connectivity index (χ0v) is 17.3. The van der Waals surface area contributed by atoms with E-state index in [0.29, 0.717) is 0 Å². The SMILES string of the molecule is COc1cc(/C=C/c2ccccn2)ccc1OS(=O)(=O)c1cc(Cl)ccc1OC. The molecule has 0 radical (unpaired) electrons. The predicted octanol–water partition coefficient (Wildman–Crippen LogP) is 4.69. The first-order valence-corrected chi connectivity index (χ1v) is 10.3. The highest BCUT2D eigenvalue weighted by Crippen LogP contribution is 2.34. The van der Waals surface area contributed by atoms with Crippen molar-refractivity contribution in [1.82, 2.24) is 4.98 Å². The summed E-state index contributed by atoms with van der Waals surface area (Å²) in [5.74, 6) is 0.436. The molecule has 0 spiro atoms. The molecule has 6 nitrogen and oxygen atoms in total. The van der Waals surface area contributed by atoms with Gasteiger partial charge in [0.05, 0.1) is 19.9 Å². The van der Waals surface area contributed by atoms with E-state index in [-0.39, 0.29) is 27.2 Å². The summed E-state index contributed by atoms with van der Waals surface area (Å²) in [6.07, 6.45) is 5.37. The fraction of sp³-hybridized carbons (Fsp3) is 0.0952. The number of rotatable bonds is 7. The van der Waals surface area contributed by atoms with Crippen molar-refractivity contribution in [3.05, 3.63) is 77.1 Å². The molecule has 3 aromatic rings. The van der Waals surface area contributed by atoms with Crippen LogP contribution in [0.4, 0.5) is 0 Å². The maximum atomic E-state index is 12.8. The van der Waals surface area contributed by atoms with E-state index >= 15 is 0 Å². The molecule has 0 saturated heterocycles. The smallest absolute Gasteiger partial charge is 0.343 e. The van der Waals surface area contributed by atoms with Gasteiger partial charge in [0.2, 0.25) is 0 Å². The van der Waals surface area contributed by atoms with Crippen LogP contribution in [0, 0.1) is 0 Å². The van der Waals surface area contributed by atoms with Crippen LogP contribution in [0.1, 0.15) is 11.3 Å². The highest BCUT2D eigenvalue weighted by atomic mass is 35.5. The number of halogens is 1. The molecule has 8 heteroatoms. The summed E-state index contributed by atoms with van der Waals surface area (Å²) in [7, 11) is -1.40. The third-order valence-electron chi connectivity index (χ3n) is 3.92. The van der Waals surface area contributed by atoms with E-state index in [4.69, 9.17) is 25.3 Å². The first kappa shape index (κ1) is 20.7. The quantitative estimate of drug-likeness (QED) is 0.505. The van der Waals surface area contributed by atoms with Crippen molar-refractivity contribution in [2.75, 3.05) is 14.2 Å². The third-order valence-corrected chi connectivity index (χ3v) is 5.41. The molecule has 0 aliphatic heterocycles. The van der Waals surface area contributed by atoms with E-state index in [1.54, 1.807) is 18.3 Å². The van der Waals surface area contributed by atoms with Crippen LogP contribution in [-0.4, -0.2) is 27.6 Å². The van der Waals surface area contributed by atoms with Gasteiger partial charge in [0.15, 0.2) is 11.5 Å². The number of benzene rings is 2. The van der Waals surface area contributed by atoms with Crippen molar-refractivity contribution in [2.24, 2.45) is 0 Å². The molecule has 150 valence electrons. The van der Waals surface area contributed by atoms with Gasteiger partial charge in [0.1, 0.15) is 10.6 Å². The number of pyridine rings is 1. The largest absolute Gasteiger partial charge is 0.495 e. The first-order valence-electron chi connectivity index (χ1n) is 8.48. The Hall–Kier alpha value is -3.03. The minimum absolute atomic E-state index is 0.0458. The summed E-state index contributed by atoms with van der Waals surface area (Å²) in [6, 6.07) is 14.8. The molecular formula is C21H18ClNO5S. The predicted molar refractivity (Wildman–Crippen MR) is 112 cm³/mol. The van der Waals surface area contributed by atoms with Crippen LogP contribution in [0.5, 0.6) is 17.2 Å². The van der Waals surface area contributed by atoms with Gasteiger partial charge in [-0.05, 0) is 54.1 Å². The molecule has 0 bridgehead atoms. The van der Waals surface area contributed by atoms with Crippen LogP contribution in [0.3, 0.4) is 0 Å². The second kappa shape index (κ2) is 8.98. The fourth-order valence-corrected chi connectivity index (χ4v) is 3.89. The van der Waals surface area contributed by atoms with Crippen molar-refractivity contribution >= 4 is 33.9 Å². The van der Waals surface area contributed by atoms with Crippen molar-refractivity contribution < 1.29 is 22.1 Å². The molecule has 2 aromatic carbocycles. The fourth-order valence-electron chi connectivity index (χ4n) is 2.52. The molecular weight excluding hydrogens is 414 g/mol. The maximum Gasteiger partial charge on any atom is 0.343 e. The molecule has 0 atom stereocenters. The first-order chi connectivity index (χ1) is 13.9. The summed E-state index contributed by atoms with van der Waals surface area (Å²) in [5.41, 5.74) is 1.58. The lowest BCUT2D eigenvalue weighted by atomic mass is 10.1. The Morgan fingerprint density at radius 2 is 1.66 bits per heavy atom. The Morgan fingerprint density at radius 1 is 0.897 bits per heavy atom. The van der Waals surface area contributed by atoms with Gasteiger partial charge in [-0.3, -0.25) is 4.98 Å². The zero-order valence-electron chi connectivity index (χ0n) is 15.7. The average Bonchev–Trinajstić information content (AvgIpc) is 2.73. The van der Waals surface area contributed by atoms with Crippen molar-refractivity contribution in [2.45, 2.75) is 4.90 Å². The topological polar surface area (TPSA) is 74.7 Å². The van der Waals surface area contributed by atoms with Gasteiger partial charge in [-0.2, -0.15) is 8.42 Å². The van der Waals surface area contributed by atoms with Gasteiger partial charge in [-0.1, -0.05) is 29.8 Å². The van der Waals surface area contributed by atoms with E-state index in [0.717, 1.165) is 11.3 Å². The molecule has 29 heavy (non-hydrogen) atoms. The van der Waals surface area contributed by atoms with Crippen LogP contribution in [0.2, 0.25) is 5.02 Å². The van der Waals surface area contributed by atoms with Crippen LogP contribution >= 0.6 is 11.6 Å². The summed E-state index contributed by atoms with van der Waals surface area (Å²) in [6.45, 7) is 0. The Labute approximate surface area is 174 Å². The second-order valence-corrected chi connectivity index (χ2v) is 7.78. The molecule has 3 rings (SSSR count). The summed E-state index contributed by atoms with van der Waals surface area (Å²) in [4.78, 5) is 4.04. The summed E-state index contributed by atoms with van der Waals surface area (Å²) < 4.78 is 41.2. The number of nitrogens with zero attached hydrogens (tertiary/aromatic N) is 1. The standard InChI is InChI=1S/C21H18ClNO5S/c1-26-19-11-8-16(22)14-21(19)29(24,25)28-18-10-7-15(13-20(18)27-2)6-9-17-5-3-4-12-23-17/h3-14H,1-2H3/b9-6+. The lowest BCUT2D eigenvalue weighted by molar-refractivity contribution is 0.384. The Kier molecular flexibility index (Phi) is 6.41. The summed E-state index contributed by atoms with van der Waals surface area (Å²) >= 11 is 5.93. The average molecular weight is 432 g/mol. The highest BCUT2D eigenvalue weighted by molar-refractivity contribution is 7.87. The van der Waals surface area contributed by atoms with Crippen molar-refractivity contribution in [1.29, 1.82) is 0 Å². The van der Waals surface area contributed by atoms with Gasteiger partial charge in [-0.15, -0.1) is 0 Å². The lowest BCUT2D eigenvalue weighted by Crippen LogP contribution is -2.12. The number of methoxy groups -OCH3 is 2. The highest BCUT2D eigenvalue weighted by Gasteiger charge is 2.24. The molecule has 1 aromatic heterocycles. The second-order valence-electron chi connectivity index (χ2n) is 5.83. The van der Waals surface area contributed by atoms with Gasteiger partial charge in [-0.25, -0.2) is 0 Å². The lowest BCUT2D eigenvalue weighted by Gasteiger charge is -2.13. The monoisotopic (exact) mass is 431 g/mol. The zero-order chi connectivity index (χ0) is 20.9. The number of hydrogen-bond donors (Lipinski definition) is 0. The molecule has 0 amide bonds. The van der Waals surface area contributed by atoms with Gasteiger partial charge in [0, 0.05) is 11.2 Å². The van der Waals surface area contributed by atoms with Crippen molar-refractivity contribution in [3.63, 3.8) is 0 Å². The number of ether oxygens (including phenoxy) is 2. The Morgan fingerprint density at radius 3 is 2.34 bits per heavy atom. The van der Waals surface area contributed by atoms with Gasteiger partial charge >= 0.3 is 10.1 Å². The van der Waals surface area contributed by atoms with Crippen LogP contribution in [0.25, 0.3) is 12.2 Å². The maximum absolute atomic E-state index is 12.8. The molecule has 0 aliphatic rings.